The van der Waals surface area contributed by atoms with Crippen molar-refractivity contribution >= 4 is 5.78 Å². The van der Waals surface area contributed by atoms with Crippen molar-refractivity contribution in [3.8, 4) is 0 Å². The molecule has 0 radical (unpaired) electrons. The molecule has 0 bridgehead atoms. The normalized spacial score (nSPS) is 12.8. The van der Waals surface area contributed by atoms with Gasteiger partial charge in [0.25, 0.3) is 0 Å². The highest BCUT2D eigenvalue weighted by molar-refractivity contribution is 5.95. The fourth-order valence-corrected chi connectivity index (χ4v) is 1.97. The van der Waals surface area contributed by atoms with Crippen LogP contribution in [0.1, 0.15) is 41.3 Å². The molecule has 112 valence electrons. The van der Waals surface area contributed by atoms with E-state index in [1.54, 1.807) is 6.92 Å². The second-order valence-corrected chi connectivity index (χ2v) is 4.34. The van der Waals surface area contributed by atoms with Gasteiger partial charge < -0.3 is 0 Å². The highest BCUT2D eigenvalue weighted by Gasteiger charge is 2.57. The summed E-state index contributed by atoms with van der Waals surface area (Å²) in [6.45, 7) is 2.76. The van der Waals surface area contributed by atoms with E-state index in [4.69, 9.17) is 0 Å². The van der Waals surface area contributed by atoms with Crippen LogP contribution in [-0.4, -0.2) is 18.1 Å². The van der Waals surface area contributed by atoms with Gasteiger partial charge in [-0.2, -0.15) is 26.3 Å². The summed E-state index contributed by atoms with van der Waals surface area (Å²) in [5.74, 6) is -4.15. The highest BCUT2D eigenvalue weighted by Crippen LogP contribution is 2.46. The van der Waals surface area contributed by atoms with E-state index in [1.807, 2.05) is 0 Å². The SMILES string of the molecule is CCc1ccc(C(C(F)(F)F)C(F)(F)F)cc1C(C)=O. The lowest BCUT2D eigenvalue weighted by Crippen LogP contribution is -2.34. The summed E-state index contributed by atoms with van der Waals surface area (Å²) < 4.78 is 75.7. The third kappa shape index (κ3) is 3.52. The van der Waals surface area contributed by atoms with Gasteiger partial charge in [-0.05, 0) is 30.5 Å². The number of hydrogen-bond donors (Lipinski definition) is 0. The predicted octanol–water partition coefficient (Wildman–Crippen LogP) is 4.66. The first kappa shape index (κ1) is 16.5. The Morgan fingerprint density at radius 3 is 1.95 bits per heavy atom. The second kappa shape index (κ2) is 5.46. The smallest absolute Gasteiger partial charge is 0.295 e. The van der Waals surface area contributed by atoms with Crippen LogP contribution in [0.5, 0.6) is 0 Å². The van der Waals surface area contributed by atoms with Gasteiger partial charge in [0.15, 0.2) is 11.7 Å². The number of alkyl halides is 6. The van der Waals surface area contributed by atoms with Crippen LogP contribution in [0.3, 0.4) is 0 Å². The summed E-state index contributed by atoms with van der Waals surface area (Å²) in [4.78, 5) is 11.3. The summed E-state index contributed by atoms with van der Waals surface area (Å²) >= 11 is 0. The molecule has 20 heavy (non-hydrogen) atoms. The molecule has 1 nitrogen and oxygen atoms in total. The van der Waals surface area contributed by atoms with Gasteiger partial charge >= 0.3 is 12.4 Å². The molecule has 0 aliphatic heterocycles. The summed E-state index contributed by atoms with van der Waals surface area (Å²) in [5, 5.41) is 0. The number of hydrogen-bond acceptors (Lipinski definition) is 1. The first-order valence-electron chi connectivity index (χ1n) is 5.75. The van der Waals surface area contributed by atoms with Crippen molar-refractivity contribution in [3.05, 3.63) is 34.9 Å². The largest absolute Gasteiger partial charge is 0.404 e. The summed E-state index contributed by atoms with van der Waals surface area (Å²) in [5.41, 5.74) is -0.653. The molecule has 0 atom stereocenters. The van der Waals surface area contributed by atoms with Crippen molar-refractivity contribution in [3.63, 3.8) is 0 Å². The average molecular weight is 298 g/mol. The van der Waals surface area contributed by atoms with Crippen LogP contribution in [0, 0.1) is 0 Å². The molecule has 0 aliphatic rings. The van der Waals surface area contributed by atoms with Gasteiger partial charge in [0, 0.05) is 5.56 Å². The molecule has 0 heterocycles. The number of aryl methyl sites for hydroxylation is 1. The first-order valence-corrected chi connectivity index (χ1v) is 5.75. The Balaban J connectivity index is 3.44. The van der Waals surface area contributed by atoms with Crippen molar-refractivity contribution in [2.45, 2.75) is 38.5 Å². The lowest BCUT2D eigenvalue weighted by atomic mass is 9.92. The Morgan fingerprint density at radius 2 is 1.60 bits per heavy atom. The minimum absolute atomic E-state index is 0.108. The molecule has 0 unspecified atom stereocenters. The zero-order valence-electron chi connectivity index (χ0n) is 10.7. The second-order valence-electron chi connectivity index (χ2n) is 4.34. The summed E-state index contributed by atoms with van der Waals surface area (Å²) in [6.07, 6.45) is -10.6. The van der Waals surface area contributed by atoms with E-state index in [0.717, 1.165) is 19.1 Å². The standard InChI is InChI=1S/C13H12F6O/c1-3-8-4-5-9(6-10(8)7(2)20)11(12(14,15)16)13(17,18)19/h4-6,11H,3H2,1-2H3. The molecule has 0 saturated heterocycles. The molecule has 0 fully saturated rings. The maximum Gasteiger partial charge on any atom is 0.404 e. The number of Topliss-reactive ketones (excluding diaryl/α,β-unsaturated/α-hetero) is 1. The number of ketones is 1. The fraction of sp³-hybridized carbons (Fsp3) is 0.462. The van der Waals surface area contributed by atoms with Gasteiger partial charge in [0.2, 0.25) is 0 Å². The van der Waals surface area contributed by atoms with Crippen LogP contribution in [0.15, 0.2) is 18.2 Å². The zero-order chi connectivity index (χ0) is 15.7. The lowest BCUT2D eigenvalue weighted by Gasteiger charge is -2.24. The van der Waals surface area contributed by atoms with Gasteiger partial charge in [0.1, 0.15) is 0 Å². The topological polar surface area (TPSA) is 17.1 Å². The monoisotopic (exact) mass is 298 g/mol. The minimum Gasteiger partial charge on any atom is -0.295 e. The maximum absolute atomic E-state index is 12.6. The molecular formula is C13H12F6O. The van der Waals surface area contributed by atoms with Crippen LogP contribution in [-0.2, 0) is 6.42 Å². The van der Waals surface area contributed by atoms with Gasteiger partial charge in [-0.1, -0.05) is 19.1 Å². The Labute approximate surface area is 111 Å². The quantitative estimate of drug-likeness (QED) is 0.586. The summed E-state index contributed by atoms with van der Waals surface area (Å²) in [6, 6.07) is 2.60. The van der Waals surface area contributed by atoms with Crippen LogP contribution in [0.2, 0.25) is 0 Å². The molecule has 1 aromatic rings. The number of carbonyl (C=O) groups is 1. The van der Waals surface area contributed by atoms with Crippen molar-refractivity contribution in [1.29, 1.82) is 0 Å². The molecule has 0 saturated carbocycles. The molecule has 0 N–H and O–H groups in total. The Bertz CT molecular complexity index is 487. The predicted molar refractivity (Wildman–Crippen MR) is 60.7 cm³/mol. The molecule has 0 spiro atoms. The lowest BCUT2D eigenvalue weighted by molar-refractivity contribution is -0.253. The van der Waals surface area contributed by atoms with E-state index in [1.165, 1.54) is 0 Å². The Morgan fingerprint density at radius 1 is 1.10 bits per heavy atom. The van der Waals surface area contributed by atoms with Gasteiger partial charge in [0.05, 0.1) is 0 Å². The Kier molecular flexibility index (Phi) is 4.51. The molecule has 0 aromatic heterocycles. The molecular weight excluding hydrogens is 286 g/mol. The van der Waals surface area contributed by atoms with E-state index in [2.05, 4.69) is 0 Å². The van der Waals surface area contributed by atoms with Crippen molar-refractivity contribution < 1.29 is 31.1 Å². The molecule has 0 aliphatic carbocycles. The number of benzene rings is 1. The third-order valence-corrected chi connectivity index (χ3v) is 2.88. The van der Waals surface area contributed by atoms with Crippen LogP contribution < -0.4 is 0 Å². The van der Waals surface area contributed by atoms with Crippen molar-refractivity contribution in [2.24, 2.45) is 0 Å². The maximum atomic E-state index is 12.6. The van der Waals surface area contributed by atoms with E-state index < -0.39 is 29.6 Å². The Hall–Kier alpha value is -1.53. The number of carbonyl (C=O) groups excluding carboxylic acids is 1. The van der Waals surface area contributed by atoms with Gasteiger partial charge in [-0.3, -0.25) is 4.79 Å². The van der Waals surface area contributed by atoms with Crippen LogP contribution in [0.25, 0.3) is 0 Å². The van der Waals surface area contributed by atoms with Crippen LogP contribution in [0.4, 0.5) is 26.3 Å². The fourth-order valence-electron chi connectivity index (χ4n) is 1.97. The average Bonchev–Trinajstić information content (AvgIpc) is 2.24. The molecule has 1 aromatic carbocycles. The van der Waals surface area contributed by atoms with E-state index >= 15 is 0 Å². The first-order chi connectivity index (χ1) is 8.98. The summed E-state index contributed by atoms with van der Waals surface area (Å²) in [7, 11) is 0. The zero-order valence-corrected chi connectivity index (χ0v) is 10.7. The molecule has 1 rings (SSSR count). The number of rotatable bonds is 3. The van der Waals surface area contributed by atoms with E-state index in [9.17, 15) is 31.1 Å². The molecule has 0 amide bonds. The third-order valence-electron chi connectivity index (χ3n) is 2.88. The van der Waals surface area contributed by atoms with Crippen LogP contribution >= 0.6 is 0 Å². The van der Waals surface area contributed by atoms with E-state index in [-0.39, 0.29) is 5.56 Å². The number of halogens is 6. The van der Waals surface area contributed by atoms with Gasteiger partial charge in [-0.15, -0.1) is 0 Å². The van der Waals surface area contributed by atoms with Gasteiger partial charge in [-0.25, -0.2) is 0 Å². The molecule has 7 heteroatoms. The van der Waals surface area contributed by atoms with Crippen molar-refractivity contribution in [1.82, 2.24) is 0 Å². The minimum atomic E-state index is -5.46. The van der Waals surface area contributed by atoms with Crippen molar-refractivity contribution in [2.75, 3.05) is 0 Å². The van der Waals surface area contributed by atoms with E-state index in [0.29, 0.717) is 18.1 Å². The highest BCUT2D eigenvalue weighted by atomic mass is 19.4.